The summed E-state index contributed by atoms with van der Waals surface area (Å²) in [5, 5.41) is 9.37. The van der Waals surface area contributed by atoms with Crippen molar-refractivity contribution < 1.29 is 9.90 Å². The van der Waals surface area contributed by atoms with Crippen molar-refractivity contribution in [1.82, 2.24) is 9.55 Å². The van der Waals surface area contributed by atoms with Gasteiger partial charge in [0, 0.05) is 30.3 Å². The van der Waals surface area contributed by atoms with Crippen molar-refractivity contribution in [3.63, 3.8) is 0 Å². The minimum absolute atomic E-state index is 0.505. The summed E-state index contributed by atoms with van der Waals surface area (Å²) in [6.45, 7) is 0. The standard InChI is InChI=1S/C14H15BrN2O2/c1-17-8-7-16-13(17)6-5-12(14(18)19)10-3-2-4-11(15)9-10/h2-4,7-9,12H,5-6H2,1H3,(H,18,19). The third-order valence-electron chi connectivity index (χ3n) is 3.13. The maximum absolute atomic E-state index is 11.4. The molecule has 0 aliphatic heterocycles. The molecular formula is C14H15BrN2O2. The highest BCUT2D eigenvalue weighted by atomic mass is 79.9. The molecular weight excluding hydrogens is 308 g/mol. The first-order valence-electron chi connectivity index (χ1n) is 6.02. The highest BCUT2D eigenvalue weighted by Gasteiger charge is 2.20. The van der Waals surface area contributed by atoms with Gasteiger partial charge >= 0.3 is 5.97 Å². The van der Waals surface area contributed by atoms with Crippen molar-refractivity contribution in [3.8, 4) is 0 Å². The van der Waals surface area contributed by atoms with Crippen molar-refractivity contribution in [1.29, 1.82) is 0 Å². The minimum atomic E-state index is -0.799. The first kappa shape index (κ1) is 13.8. The number of carbonyl (C=O) groups is 1. The van der Waals surface area contributed by atoms with Gasteiger partial charge in [-0.15, -0.1) is 0 Å². The Kier molecular flexibility index (Phi) is 4.37. The van der Waals surface area contributed by atoms with Crippen LogP contribution in [0.1, 0.15) is 23.7 Å². The van der Waals surface area contributed by atoms with E-state index >= 15 is 0 Å². The van der Waals surface area contributed by atoms with Gasteiger partial charge in [-0.3, -0.25) is 4.79 Å². The molecule has 5 heteroatoms. The normalized spacial score (nSPS) is 12.3. The fourth-order valence-electron chi connectivity index (χ4n) is 2.07. The van der Waals surface area contributed by atoms with E-state index in [0.29, 0.717) is 12.8 Å². The predicted molar refractivity (Wildman–Crippen MR) is 76.0 cm³/mol. The van der Waals surface area contributed by atoms with E-state index in [1.165, 1.54) is 0 Å². The second-order valence-corrected chi connectivity index (χ2v) is 5.35. The van der Waals surface area contributed by atoms with Crippen LogP contribution in [0.25, 0.3) is 0 Å². The van der Waals surface area contributed by atoms with Crippen LogP contribution >= 0.6 is 15.9 Å². The fourth-order valence-corrected chi connectivity index (χ4v) is 2.48. The van der Waals surface area contributed by atoms with Crippen LogP contribution < -0.4 is 0 Å². The first-order chi connectivity index (χ1) is 9.08. The molecule has 0 radical (unpaired) electrons. The molecule has 0 aliphatic rings. The number of carboxylic acid groups (broad SMARTS) is 1. The van der Waals surface area contributed by atoms with E-state index in [1.807, 2.05) is 42.1 Å². The number of hydrogen-bond donors (Lipinski definition) is 1. The molecule has 0 aliphatic carbocycles. The SMILES string of the molecule is Cn1ccnc1CCC(C(=O)O)c1cccc(Br)c1. The molecule has 4 nitrogen and oxygen atoms in total. The molecule has 1 N–H and O–H groups in total. The van der Waals surface area contributed by atoms with Gasteiger partial charge in [0.25, 0.3) is 0 Å². The Morgan fingerprint density at radius 3 is 2.89 bits per heavy atom. The van der Waals surface area contributed by atoms with Gasteiger partial charge in [-0.2, -0.15) is 0 Å². The van der Waals surface area contributed by atoms with E-state index in [0.717, 1.165) is 15.9 Å². The lowest BCUT2D eigenvalue weighted by Gasteiger charge is -2.13. The Labute approximate surface area is 120 Å². The average Bonchev–Trinajstić information content (AvgIpc) is 2.75. The lowest BCUT2D eigenvalue weighted by molar-refractivity contribution is -0.139. The number of hydrogen-bond acceptors (Lipinski definition) is 2. The maximum atomic E-state index is 11.4. The van der Waals surface area contributed by atoms with Crippen molar-refractivity contribution in [2.45, 2.75) is 18.8 Å². The van der Waals surface area contributed by atoms with Gasteiger partial charge in [0.1, 0.15) is 5.82 Å². The zero-order valence-corrected chi connectivity index (χ0v) is 12.2. The van der Waals surface area contributed by atoms with Gasteiger partial charge in [0.2, 0.25) is 0 Å². The van der Waals surface area contributed by atoms with Crippen molar-refractivity contribution in [2.24, 2.45) is 7.05 Å². The molecule has 1 heterocycles. The number of aliphatic carboxylic acids is 1. The van der Waals surface area contributed by atoms with Crippen LogP contribution in [-0.2, 0) is 18.3 Å². The lowest BCUT2D eigenvalue weighted by Crippen LogP contribution is -2.13. The monoisotopic (exact) mass is 322 g/mol. The van der Waals surface area contributed by atoms with Gasteiger partial charge in [-0.1, -0.05) is 28.1 Å². The van der Waals surface area contributed by atoms with E-state index in [-0.39, 0.29) is 0 Å². The van der Waals surface area contributed by atoms with Crippen LogP contribution in [-0.4, -0.2) is 20.6 Å². The maximum Gasteiger partial charge on any atom is 0.310 e. The van der Waals surface area contributed by atoms with Crippen LogP contribution in [0.4, 0.5) is 0 Å². The number of nitrogens with zero attached hydrogens (tertiary/aromatic N) is 2. The molecule has 100 valence electrons. The van der Waals surface area contributed by atoms with E-state index in [4.69, 9.17) is 0 Å². The summed E-state index contributed by atoms with van der Waals surface area (Å²) in [4.78, 5) is 15.6. The number of halogens is 1. The summed E-state index contributed by atoms with van der Waals surface area (Å²) in [5.41, 5.74) is 0.816. The number of imidazole rings is 1. The molecule has 2 aromatic rings. The molecule has 1 aromatic carbocycles. The third kappa shape index (κ3) is 3.44. The molecule has 19 heavy (non-hydrogen) atoms. The van der Waals surface area contributed by atoms with E-state index < -0.39 is 11.9 Å². The predicted octanol–water partition coefficient (Wildman–Crippen LogP) is 2.98. The molecule has 0 spiro atoms. The molecule has 2 rings (SSSR count). The molecule has 0 fully saturated rings. The van der Waals surface area contributed by atoms with Crippen LogP contribution in [0.5, 0.6) is 0 Å². The van der Waals surface area contributed by atoms with Crippen molar-refractivity contribution in [2.75, 3.05) is 0 Å². The van der Waals surface area contributed by atoms with Crippen molar-refractivity contribution in [3.05, 3.63) is 52.5 Å². The van der Waals surface area contributed by atoms with Gasteiger partial charge in [0.15, 0.2) is 0 Å². The van der Waals surface area contributed by atoms with E-state index in [2.05, 4.69) is 20.9 Å². The number of aryl methyl sites for hydroxylation is 2. The Morgan fingerprint density at radius 1 is 1.53 bits per heavy atom. The summed E-state index contributed by atoms with van der Waals surface area (Å²) in [6.07, 6.45) is 4.78. The number of carboxylic acids is 1. The van der Waals surface area contributed by atoms with Crippen LogP contribution in [0, 0.1) is 0 Å². The molecule has 0 saturated carbocycles. The van der Waals surface area contributed by atoms with Gasteiger partial charge in [-0.05, 0) is 24.1 Å². The van der Waals surface area contributed by atoms with E-state index in [9.17, 15) is 9.90 Å². The number of benzene rings is 1. The number of rotatable bonds is 5. The highest BCUT2D eigenvalue weighted by Crippen LogP contribution is 2.24. The largest absolute Gasteiger partial charge is 0.481 e. The highest BCUT2D eigenvalue weighted by molar-refractivity contribution is 9.10. The summed E-state index contributed by atoms with van der Waals surface area (Å²) in [5.74, 6) is -0.400. The topological polar surface area (TPSA) is 55.1 Å². The van der Waals surface area contributed by atoms with Crippen LogP contribution in [0.15, 0.2) is 41.1 Å². The quantitative estimate of drug-likeness (QED) is 0.920. The van der Waals surface area contributed by atoms with Gasteiger partial charge < -0.3 is 9.67 Å². The Morgan fingerprint density at radius 2 is 2.32 bits per heavy atom. The molecule has 0 saturated heterocycles. The van der Waals surface area contributed by atoms with Crippen molar-refractivity contribution >= 4 is 21.9 Å². The second-order valence-electron chi connectivity index (χ2n) is 4.44. The minimum Gasteiger partial charge on any atom is -0.481 e. The summed E-state index contributed by atoms with van der Waals surface area (Å²) in [7, 11) is 1.91. The third-order valence-corrected chi connectivity index (χ3v) is 3.62. The summed E-state index contributed by atoms with van der Waals surface area (Å²) in [6, 6.07) is 7.45. The Bertz CT molecular complexity index is 580. The molecule has 1 unspecified atom stereocenters. The zero-order chi connectivity index (χ0) is 13.8. The summed E-state index contributed by atoms with van der Waals surface area (Å²) < 4.78 is 2.81. The Balaban J connectivity index is 2.13. The second kappa shape index (κ2) is 6.02. The first-order valence-corrected chi connectivity index (χ1v) is 6.81. The number of aromatic nitrogens is 2. The summed E-state index contributed by atoms with van der Waals surface area (Å²) >= 11 is 3.37. The molecule has 1 atom stereocenters. The molecule has 1 aromatic heterocycles. The van der Waals surface area contributed by atoms with Gasteiger partial charge in [0.05, 0.1) is 5.92 Å². The Hall–Kier alpha value is -1.62. The average molecular weight is 323 g/mol. The van der Waals surface area contributed by atoms with Crippen LogP contribution in [0.3, 0.4) is 0 Å². The van der Waals surface area contributed by atoms with Gasteiger partial charge in [-0.25, -0.2) is 4.98 Å². The van der Waals surface area contributed by atoms with Crippen LogP contribution in [0.2, 0.25) is 0 Å². The lowest BCUT2D eigenvalue weighted by atomic mass is 9.94. The smallest absolute Gasteiger partial charge is 0.310 e. The fraction of sp³-hybridized carbons (Fsp3) is 0.286. The zero-order valence-electron chi connectivity index (χ0n) is 10.6. The van der Waals surface area contributed by atoms with E-state index in [1.54, 1.807) is 6.20 Å². The molecule has 0 amide bonds. The molecule has 0 bridgehead atoms.